The van der Waals surface area contributed by atoms with E-state index in [9.17, 15) is 19.2 Å². The highest BCUT2D eigenvalue weighted by molar-refractivity contribution is 5.91. The van der Waals surface area contributed by atoms with Crippen LogP contribution in [-0.4, -0.2) is 62.5 Å². The third-order valence-corrected chi connectivity index (χ3v) is 9.02. The van der Waals surface area contributed by atoms with Crippen molar-refractivity contribution < 1.29 is 57.1 Å². The van der Waals surface area contributed by atoms with Crippen LogP contribution in [0.3, 0.4) is 0 Å². The minimum Gasteiger partial charge on any atom is -0.490 e. The van der Waals surface area contributed by atoms with Crippen molar-refractivity contribution in [2.75, 3.05) is 26.4 Å². The highest BCUT2D eigenvalue weighted by atomic mass is 16.6. The van der Waals surface area contributed by atoms with E-state index < -0.39 is 36.1 Å². The molecule has 0 bridgehead atoms. The van der Waals surface area contributed by atoms with Crippen LogP contribution in [0.1, 0.15) is 39.9 Å². The predicted octanol–water partition coefficient (Wildman–Crippen LogP) is 8.49. The zero-order valence-corrected chi connectivity index (χ0v) is 33.1. The number of ether oxygens (including phenoxy) is 8. The fraction of sp³-hybridized carbons (Fsp3) is 0.167. The number of carbonyl (C=O) groups excluding carboxylic acids is 4. The summed E-state index contributed by atoms with van der Waals surface area (Å²) in [5.41, 5.74) is 5.13. The summed E-state index contributed by atoms with van der Waals surface area (Å²) >= 11 is 0. The molecule has 1 aliphatic carbocycles. The summed E-state index contributed by atoms with van der Waals surface area (Å²) in [4.78, 5) is 48.1. The lowest BCUT2D eigenvalue weighted by molar-refractivity contribution is -0.154. The van der Waals surface area contributed by atoms with Crippen molar-refractivity contribution in [2.24, 2.45) is 0 Å². The Balaban J connectivity index is 1.15. The maximum Gasteiger partial charge on any atom is 0.343 e. The average molecular weight is 813 g/mol. The van der Waals surface area contributed by atoms with Gasteiger partial charge in [0.15, 0.2) is 12.2 Å². The zero-order valence-electron chi connectivity index (χ0n) is 33.1. The van der Waals surface area contributed by atoms with Gasteiger partial charge in [-0.25, -0.2) is 19.2 Å². The van der Waals surface area contributed by atoms with Crippen molar-refractivity contribution in [3.63, 3.8) is 0 Å². The van der Waals surface area contributed by atoms with Crippen LogP contribution in [0.2, 0.25) is 0 Å². The Hall–Kier alpha value is -7.60. The van der Waals surface area contributed by atoms with E-state index in [1.54, 1.807) is 42.5 Å². The SMILES string of the molecule is C=CC(=C)OCC(COc1ccc(C(=C)Oc2ccc3c(c2)C(C)c2cc(OC(=O)c4ccc(OCC(COC(=O)C=C)OC(=O)C=C)cc4)ccc2-3)cc1)OC(=O)C=C. The molecule has 3 atom stereocenters. The number of esters is 4. The third kappa shape index (κ3) is 11.7. The van der Waals surface area contributed by atoms with Gasteiger partial charge < -0.3 is 37.9 Å². The van der Waals surface area contributed by atoms with Gasteiger partial charge >= 0.3 is 23.9 Å². The number of benzene rings is 4. The lowest BCUT2D eigenvalue weighted by Crippen LogP contribution is -2.30. The zero-order chi connectivity index (χ0) is 43.2. The smallest absolute Gasteiger partial charge is 0.343 e. The van der Waals surface area contributed by atoms with Crippen LogP contribution in [0.4, 0.5) is 0 Å². The molecule has 0 N–H and O–H groups in total. The first kappa shape index (κ1) is 43.5. The summed E-state index contributed by atoms with van der Waals surface area (Å²) in [6, 6.07) is 24.8. The summed E-state index contributed by atoms with van der Waals surface area (Å²) in [6.07, 6.45) is 2.90. The molecule has 0 spiro atoms. The second-order valence-electron chi connectivity index (χ2n) is 13.1. The molecule has 12 nitrogen and oxygen atoms in total. The van der Waals surface area contributed by atoms with E-state index in [4.69, 9.17) is 37.9 Å². The fourth-order valence-corrected chi connectivity index (χ4v) is 5.90. The normalized spacial score (nSPS) is 13.1. The van der Waals surface area contributed by atoms with Crippen molar-refractivity contribution in [2.45, 2.75) is 25.0 Å². The molecule has 4 aromatic rings. The summed E-state index contributed by atoms with van der Waals surface area (Å²) in [5.74, 6) is 0.120. The van der Waals surface area contributed by atoms with E-state index in [1.165, 1.54) is 6.08 Å². The topological polar surface area (TPSA) is 142 Å². The largest absolute Gasteiger partial charge is 0.490 e. The highest BCUT2D eigenvalue weighted by Crippen LogP contribution is 2.47. The number of allylic oxidation sites excluding steroid dienone is 1. The van der Waals surface area contributed by atoms with E-state index in [2.05, 4.69) is 46.4 Å². The van der Waals surface area contributed by atoms with E-state index in [0.29, 0.717) is 34.5 Å². The van der Waals surface area contributed by atoms with Gasteiger partial charge in [-0.15, -0.1) is 0 Å². The molecule has 0 aliphatic heterocycles. The Morgan fingerprint density at radius 1 is 0.550 bits per heavy atom. The molecule has 0 saturated carbocycles. The minimum atomic E-state index is -0.900. The van der Waals surface area contributed by atoms with Gasteiger partial charge in [0.05, 0.1) is 5.56 Å². The van der Waals surface area contributed by atoms with E-state index in [0.717, 1.165) is 46.0 Å². The lowest BCUT2D eigenvalue weighted by atomic mass is 9.99. The van der Waals surface area contributed by atoms with Gasteiger partial charge in [-0.2, -0.15) is 0 Å². The summed E-state index contributed by atoms with van der Waals surface area (Å²) in [5, 5.41) is 0. The summed E-state index contributed by atoms with van der Waals surface area (Å²) in [7, 11) is 0. The molecule has 308 valence electrons. The van der Waals surface area contributed by atoms with Crippen LogP contribution in [0.5, 0.6) is 23.0 Å². The standard InChI is InChI=1S/C48H44O12/c1-8-30(5)53-26-39(58-46(50)10-3)27-54-35-16-12-33(13-17-35)32(7)57-37-20-22-41-42-23-21-38(25-44(42)31(6)43(41)24-37)60-48(52)34-14-18-36(19-15-34)55-28-40(59-47(51)11-4)29-56-45(49)9-2/h8-25,31,39-40H,1-5,7,26-29H2,6H3. The number of rotatable bonds is 22. The molecule has 0 aromatic heterocycles. The number of fused-ring (bicyclic) bond motifs is 3. The molecule has 0 radical (unpaired) electrons. The van der Waals surface area contributed by atoms with Gasteiger partial charge in [0.25, 0.3) is 0 Å². The van der Waals surface area contributed by atoms with Crippen LogP contribution in [0, 0.1) is 0 Å². The van der Waals surface area contributed by atoms with Crippen molar-refractivity contribution in [3.8, 4) is 34.1 Å². The first-order chi connectivity index (χ1) is 28.9. The maximum absolute atomic E-state index is 13.1. The molecule has 60 heavy (non-hydrogen) atoms. The average Bonchev–Trinajstić information content (AvgIpc) is 3.54. The molecule has 1 aliphatic rings. The molecule has 0 amide bonds. The van der Waals surface area contributed by atoms with Gasteiger partial charge in [-0.3, -0.25) is 0 Å². The Labute approximate surface area is 348 Å². The van der Waals surface area contributed by atoms with Crippen molar-refractivity contribution >= 4 is 29.6 Å². The van der Waals surface area contributed by atoms with Crippen LogP contribution >= 0.6 is 0 Å². The second kappa shape index (κ2) is 20.7. The Bertz CT molecular complexity index is 2130. The molecule has 3 unspecified atom stereocenters. The van der Waals surface area contributed by atoms with Crippen LogP contribution in [0.15, 0.2) is 154 Å². The Kier molecular flexibility index (Phi) is 15.0. The summed E-state index contributed by atoms with van der Waals surface area (Å²) < 4.78 is 44.4. The van der Waals surface area contributed by atoms with Crippen molar-refractivity contribution in [1.82, 2.24) is 0 Å². The molecule has 4 aromatic carbocycles. The van der Waals surface area contributed by atoms with Gasteiger partial charge in [0.1, 0.15) is 60.9 Å². The molecule has 0 heterocycles. The second-order valence-corrected chi connectivity index (χ2v) is 13.1. The van der Waals surface area contributed by atoms with Gasteiger partial charge in [-0.05, 0) is 101 Å². The predicted molar refractivity (Wildman–Crippen MR) is 224 cm³/mol. The fourth-order valence-electron chi connectivity index (χ4n) is 5.90. The summed E-state index contributed by atoms with van der Waals surface area (Å²) in [6.45, 7) is 23.3. The molecule has 0 saturated heterocycles. The van der Waals surface area contributed by atoms with E-state index in [1.807, 2.05) is 42.5 Å². The maximum atomic E-state index is 13.1. The monoisotopic (exact) mass is 812 g/mol. The molecular weight excluding hydrogens is 769 g/mol. The first-order valence-corrected chi connectivity index (χ1v) is 18.6. The minimum absolute atomic E-state index is 0.0250. The number of hydrogen-bond donors (Lipinski definition) is 0. The van der Waals surface area contributed by atoms with E-state index in [-0.39, 0.29) is 37.9 Å². The van der Waals surface area contributed by atoms with Gasteiger partial charge in [-0.1, -0.05) is 58.5 Å². The first-order valence-electron chi connectivity index (χ1n) is 18.6. The molecule has 0 fully saturated rings. The quantitative estimate of drug-likeness (QED) is 0.0188. The van der Waals surface area contributed by atoms with Gasteiger partial charge in [0.2, 0.25) is 0 Å². The lowest BCUT2D eigenvalue weighted by Gasteiger charge is -2.18. The van der Waals surface area contributed by atoms with Crippen molar-refractivity contribution in [1.29, 1.82) is 0 Å². The van der Waals surface area contributed by atoms with Crippen molar-refractivity contribution in [3.05, 3.63) is 177 Å². The van der Waals surface area contributed by atoms with Gasteiger partial charge in [0, 0.05) is 29.7 Å². The molecule has 5 rings (SSSR count). The molecular formula is C48H44O12. The Morgan fingerprint density at radius 2 is 1.00 bits per heavy atom. The highest BCUT2D eigenvalue weighted by Gasteiger charge is 2.27. The number of carbonyl (C=O) groups is 4. The number of hydrogen-bond acceptors (Lipinski definition) is 12. The van der Waals surface area contributed by atoms with E-state index >= 15 is 0 Å². The van der Waals surface area contributed by atoms with Crippen LogP contribution in [-0.2, 0) is 33.3 Å². The molecule has 12 heteroatoms. The Morgan fingerprint density at radius 3 is 1.48 bits per heavy atom. The third-order valence-electron chi connectivity index (χ3n) is 9.02. The van der Waals surface area contributed by atoms with Crippen LogP contribution in [0.25, 0.3) is 16.9 Å². The van der Waals surface area contributed by atoms with Crippen LogP contribution < -0.4 is 18.9 Å².